The number of fused-ring (bicyclic) bond motifs is 1. The number of hydrogen-bond donors (Lipinski definition) is 1. The smallest absolute Gasteiger partial charge is 0.235 e. The van der Waals surface area contributed by atoms with Gasteiger partial charge in [-0.05, 0) is 43.7 Å². The zero-order chi connectivity index (χ0) is 22.8. The number of para-hydroxylation sites is 1. The molecule has 0 aliphatic carbocycles. The second kappa shape index (κ2) is 9.16. The van der Waals surface area contributed by atoms with Gasteiger partial charge in [-0.3, -0.25) is 4.79 Å². The Bertz CT molecular complexity index is 1250. The molecule has 1 N–H and O–H groups in total. The minimum Gasteiger partial charge on any atom is -0.491 e. The van der Waals surface area contributed by atoms with Gasteiger partial charge in [-0.25, -0.2) is 4.68 Å². The normalized spacial score (nSPS) is 15.6. The first kappa shape index (κ1) is 21.3. The maximum Gasteiger partial charge on any atom is 0.235 e. The molecule has 1 atom stereocenters. The van der Waals surface area contributed by atoms with Crippen molar-refractivity contribution in [3.63, 3.8) is 0 Å². The Hall–Kier alpha value is -3.51. The van der Waals surface area contributed by atoms with E-state index in [2.05, 4.69) is 29.6 Å². The van der Waals surface area contributed by atoms with E-state index in [4.69, 9.17) is 9.84 Å². The molecule has 6 heteroatoms. The van der Waals surface area contributed by atoms with Crippen LogP contribution in [0.3, 0.4) is 0 Å². The van der Waals surface area contributed by atoms with Crippen LogP contribution in [0, 0.1) is 0 Å². The highest BCUT2D eigenvalue weighted by Gasteiger charge is 2.32. The van der Waals surface area contributed by atoms with Crippen molar-refractivity contribution in [2.75, 3.05) is 11.1 Å². The molecule has 0 saturated carbocycles. The molecular formula is C27H25N3O2S. The summed E-state index contributed by atoms with van der Waals surface area (Å²) in [6.45, 7) is 4.03. The van der Waals surface area contributed by atoms with Crippen molar-refractivity contribution in [2.24, 2.45) is 0 Å². The van der Waals surface area contributed by atoms with Crippen LogP contribution in [0.2, 0.25) is 0 Å². The van der Waals surface area contributed by atoms with E-state index in [0.29, 0.717) is 5.75 Å². The molecule has 1 aromatic heterocycles. The maximum absolute atomic E-state index is 12.7. The van der Waals surface area contributed by atoms with Crippen LogP contribution in [-0.2, 0) is 4.79 Å². The SMILES string of the molecule is CC(C)Oc1ccc(C2SCC(=O)Nc3c2c(-c2ccccc2)nn3-c2ccccc2)cc1. The summed E-state index contributed by atoms with van der Waals surface area (Å²) in [5.74, 6) is 1.90. The highest BCUT2D eigenvalue weighted by Crippen LogP contribution is 2.47. The third-order valence-electron chi connectivity index (χ3n) is 5.43. The number of carbonyl (C=O) groups excluding carboxylic acids is 1. The van der Waals surface area contributed by atoms with Gasteiger partial charge in [-0.1, -0.05) is 60.7 Å². The first-order chi connectivity index (χ1) is 16.1. The van der Waals surface area contributed by atoms with E-state index in [1.54, 1.807) is 11.8 Å². The van der Waals surface area contributed by atoms with Gasteiger partial charge in [0.25, 0.3) is 0 Å². The molecule has 0 fully saturated rings. The fraction of sp³-hybridized carbons (Fsp3) is 0.185. The third kappa shape index (κ3) is 4.39. The molecule has 4 aromatic rings. The highest BCUT2D eigenvalue weighted by atomic mass is 32.2. The summed E-state index contributed by atoms with van der Waals surface area (Å²) in [6, 6.07) is 28.2. The molecule has 1 unspecified atom stereocenters. The molecule has 0 saturated heterocycles. The molecule has 1 aliphatic rings. The third-order valence-corrected chi connectivity index (χ3v) is 6.70. The van der Waals surface area contributed by atoms with Crippen molar-refractivity contribution in [2.45, 2.75) is 25.2 Å². The average molecular weight is 456 g/mol. The summed E-state index contributed by atoms with van der Waals surface area (Å²) < 4.78 is 7.68. The van der Waals surface area contributed by atoms with Gasteiger partial charge in [-0.15, -0.1) is 11.8 Å². The first-order valence-corrected chi connectivity index (χ1v) is 12.1. The molecule has 166 valence electrons. The number of benzene rings is 3. The number of nitrogens with zero attached hydrogens (tertiary/aromatic N) is 2. The molecule has 5 nitrogen and oxygen atoms in total. The van der Waals surface area contributed by atoms with Crippen molar-refractivity contribution in [3.05, 3.63) is 96.1 Å². The Labute approximate surface area is 197 Å². The number of aromatic nitrogens is 2. The molecule has 5 rings (SSSR count). The lowest BCUT2D eigenvalue weighted by molar-refractivity contribution is -0.113. The van der Waals surface area contributed by atoms with Crippen LogP contribution in [0.5, 0.6) is 5.75 Å². The van der Waals surface area contributed by atoms with Gasteiger partial charge in [0.15, 0.2) is 0 Å². The Morgan fingerprint density at radius 2 is 1.64 bits per heavy atom. The van der Waals surface area contributed by atoms with Crippen molar-refractivity contribution >= 4 is 23.5 Å². The van der Waals surface area contributed by atoms with Gasteiger partial charge in [0, 0.05) is 11.1 Å². The number of thioether (sulfide) groups is 1. The van der Waals surface area contributed by atoms with E-state index in [1.165, 1.54) is 0 Å². The van der Waals surface area contributed by atoms with E-state index < -0.39 is 0 Å². The summed E-state index contributed by atoms with van der Waals surface area (Å²) in [7, 11) is 0. The summed E-state index contributed by atoms with van der Waals surface area (Å²) >= 11 is 1.62. The van der Waals surface area contributed by atoms with Gasteiger partial charge < -0.3 is 10.1 Å². The van der Waals surface area contributed by atoms with E-state index in [9.17, 15) is 4.79 Å². The van der Waals surface area contributed by atoms with Crippen LogP contribution in [0.15, 0.2) is 84.9 Å². The van der Waals surface area contributed by atoms with Crippen molar-refractivity contribution in [3.8, 4) is 22.7 Å². The lowest BCUT2D eigenvalue weighted by Gasteiger charge is -2.17. The molecule has 3 aromatic carbocycles. The summed E-state index contributed by atoms with van der Waals surface area (Å²) in [5, 5.41) is 8.08. The Balaban J connectivity index is 1.69. The van der Waals surface area contributed by atoms with Crippen LogP contribution in [0.1, 0.15) is 30.2 Å². The second-order valence-electron chi connectivity index (χ2n) is 8.20. The average Bonchev–Trinajstić information content (AvgIpc) is 3.10. The number of anilines is 1. The first-order valence-electron chi connectivity index (χ1n) is 11.0. The zero-order valence-electron chi connectivity index (χ0n) is 18.6. The predicted molar refractivity (Wildman–Crippen MR) is 134 cm³/mol. The van der Waals surface area contributed by atoms with Crippen LogP contribution in [0.25, 0.3) is 16.9 Å². The topological polar surface area (TPSA) is 56.1 Å². The minimum absolute atomic E-state index is 0.0276. The molecule has 2 heterocycles. The largest absolute Gasteiger partial charge is 0.491 e. The monoisotopic (exact) mass is 455 g/mol. The van der Waals surface area contributed by atoms with Gasteiger partial charge in [0.2, 0.25) is 5.91 Å². The molecule has 1 aliphatic heterocycles. The fourth-order valence-corrected chi connectivity index (χ4v) is 5.16. The Morgan fingerprint density at radius 1 is 0.970 bits per heavy atom. The van der Waals surface area contributed by atoms with Gasteiger partial charge in [0.05, 0.1) is 28.5 Å². The molecule has 0 radical (unpaired) electrons. The van der Waals surface area contributed by atoms with Crippen LogP contribution >= 0.6 is 11.8 Å². The summed E-state index contributed by atoms with van der Waals surface area (Å²) in [6.07, 6.45) is 0.116. The number of amides is 1. The lowest BCUT2D eigenvalue weighted by atomic mass is 10.00. The molecular weight excluding hydrogens is 430 g/mol. The number of nitrogens with one attached hydrogen (secondary N) is 1. The van der Waals surface area contributed by atoms with E-state index in [0.717, 1.165) is 39.6 Å². The van der Waals surface area contributed by atoms with Gasteiger partial charge >= 0.3 is 0 Å². The Morgan fingerprint density at radius 3 is 2.30 bits per heavy atom. The molecule has 1 amide bonds. The van der Waals surface area contributed by atoms with E-state index in [-0.39, 0.29) is 17.3 Å². The molecule has 33 heavy (non-hydrogen) atoms. The van der Waals surface area contributed by atoms with Crippen molar-refractivity contribution in [1.29, 1.82) is 0 Å². The number of hydrogen-bond acceptors (Lipinski definition) is 4. The quantitative estimate of drug-likeness (QED) is 0.395. The summed E-state index contributed by atoms with van der Waals surface area (Å²) in [4.78, 5) is 12.7. The standard InChI is InChI=1S/C27H25N3O2S/c1-18(2)32-22-15-13-20(14-16-22)26-24-25(19-9-5-3-6-10-19)29-30(21-11-7-4-8-12-21)27(24)28-23(31)17-33-26/h3-16,18,26H,17H2,1-2H3,(H,28,31). The van der Waals surface area contributed by atoms with Crippen LogP contribution in [-0.4, -0.2) is 27.5 Å². The number of ether oxygens (including phenoxy) is 1. The van der Waals surface area contributed by atoms with Crippen LogP contribution < -0.4 is 10.1 Å². The predicted octanol–water partition coefficient (Wildman–Crippen LogP) is 6.10. The number of rotatable bonds is 5. The molecule has 0 bridgehead atoms. The lowest BCUT2D eigenvalue weighted by Crippen LogP contribution is -2.15. The van der Waals surface area contributed by atoms with E-state index in [1.807, 2.05) is 79.2 Å². The number of carbonyl (C=O) groups is 1. The van der Waals surface area contributed by atoms with Crippen molar-refractivity contribution in [1.82, 2.24) is 9.78 Å². The highest BCUT2D eigenvalue weighted by molar-refractivity contribution is 8.00. The minimum atomic E-state index is -0.0558. The van der Waals surface area contributed by atoms with Gasteiger partial charge in [0.1, 0.15) is 11.6 Å². The maximum atomic E-state index is 12.7. The summed E-state index contributed by atoms with van der Waals surface area (Å²) in [5.41, 5.74) is 4.92. The second-order valence-corrected chi connectivity index (χ2v) is 9.29. The van der Waals surface area contributed by atoms with Crippen LogP contribution in [0.4, 0.5) is 5.82 Å². The Kier molecular flexibility index (Phi) is 5.92. The van der Waals surface area contributed by atoms with Crippen molar-refractivity contribution < 1.29 is 9.53 Å². The fourth-order valence-electron chi connectivity index (χ4n) is 4.03. The van der Waals surface area contributed by atoms with Gasteiger partial charge in [-0.2, -0.15) is 5.10 Å². The van der Waals surface area contributed by atoms with E-state index >= 15 is 0 Å². The zero-order valence-corrected chi connectivity index (χ0v) is 19.4. The molecule has 0 spiro atoms.